The first-order chi connectivity index (χ1) is 15.5. The number of hydrogen-bond acceptors (Lipinski definition) is 2. The van der Waals surface area contributed by atoms with Crippen molar-refractivity contribution in [1.82, 2.24) is 4.90 Å². The first-order valence-corrected chi connectivity index (χ1v) is 12.7. The molecule has 0 spiro atoms. The predicted octanol–water partition coefficient (Wildman–Crippen LogP) is 6.89. The van der Waals surface area contributed by atoms with Crippen LogP contribution in [0.4, 0.5) is 0 Å². The Morgan fingerprint density at radius 3 is 2.56 bits per heavy atom. The maximum atomic E-state index is 13.2. The van der Waals surface area contributed by atoms with E-state index in [1.165, 1.54) is 5.56 Å². The number of benzene rings is 1. The third-order valence-corrected chi connectivity index (χ3v) is 6.85. The van der Waals surface area contributed by atoms with Gasteiger partial charge in [-0.15, -0.1) is 0 Å². The number of amides is 1. The molecule has 3 nitrogen and oxygen atoms in total. The van der Waals surface area contributed by atoms with Crippen LogP contribution in [0.5, 0.6) is 0 Å². The van der Waals surface area contributed by atoms with Crippen LogP contribution in [0.1, 0.15) is 72.3 Å². The predicted molar refractivity (Wildman–Crippen MR) is 138 cm³/mol. The first-order valence-electron chi connectivity index (χ1n) is 12.7. The van der Waals surface area contributed by atoms with Gasteiger partial charge in [-0.05, 0) is 62.0 Å². The van der Waals surface area contributed by atoms with Crippen molar-refractivity contribution in [1.29, 1.82) is 0 Å². The van der Waals surface area contributed by atoms with Crippen molar-refractivity contribution in [2.24, 2.45) is 22.7 Å². The zero-order valence-electron chi connectivity index (χ0n) is 21.0. The number of allylic oxidation sites excluding steroid dienone is 2. The van der Waals surface area contributed by atoms with E-state index in [9.17, 15) is 4.79 Å². The molecule has 1 aromatic rings. The van der Waals surface area contributed by atoms with Crippen LogP contribution < -0.4 is 0 Å². The van der Waals surface area contributed by atoms with E-state index < -0.39 is 0 Å². The molecule has 1 aliphatic heterocycles. The second-order valence-corrected chi connectivity index (χ2v) is 9.32. The third-order valence-electron chi connectivity index (χ3n) is 6.85. The lowest BCUT2D eigenvalue weighted by Gasteiger charge is -2.39. The molecule has 1 heterocycles. The van der Waals surface area contributed by atoms with E-state index in [2.05, 4.69) is 73.7 Å². The zero-order chi connectivity index (χ0) is 23.5. The summed E-state index contributed by atoms with van der Waals surface area (Å²) in [6, 6.07) is 11.0. The molecule has 1 saturated heterocycles. The van der Waals surface area contributed by atoms with Crippen molar-refractivity contribution in [3.63, 3.8) is 0 Å². The van der Waals surface area contributed by atoms with Crippen molar-refractivity contribution >= 4 is 12.1 Å². The lowest BCUT2D eigenvalue weighted by molar-refractivity contribution is -0.141. The summed E-state index contributed by atoms with van der Waals surface area (Å²) in [6.45, 7) is 15.7. The number of hydrogen-bond donors (Lipinski definition) is 0. The molecule has 0 N–H and O–H groups in total. The van der Waals surface area contributed by atoms with Crippen LogP contribution >= 0.6 is 0 Å². The Bertz CT molecular complexity index is 761. The Morgan fingerprint density at radius 1 is 1.22 bits per heavy atom. The van der Waals surface area contributed by atoms with Gasteiger partial charge in [0, 0.05) is 24.7 Å². The van der Waals surface area contributed by atoms with Gasteiger partial charge >= 0.3 is 0 Å². The number of rotatable bonds is 9. The Hall–Kier alpha value is -2.16. The quantitative estimate of drug-likeness (QED) is 0.306. The normalized spacial score (nSPS) is 26.0. The number of carbonyl (C=O) groups excluding carboxylic acids is 1. The Labute approximate surface area is 196 Å². The summed E-state index contributed by atoms with van der Waals surface area (Å²) >= 11 is 0. The zero-order valence-corrected chi connectivity index (χ0v) is 21.0. The van der Waals surface area contributed by atoms with Gasteiger partial charge in [0.2, 0.25) is 5.91 Å². The van der Waals surface area contributed by atoms with Gasteiger partial charge in [0.1, 0.15) is 0 Å². The molecular weight excluding hydrogens is 392 g/mol. The van der Waals surface area contributed by atoms with Gasteiger partial charge in [0.15, 0.2) is 0 Å². The van der Waals surface area contributed by atoms with Crippen molar-refractivity contribution in [2.75, 3.05) is 6.54 Å². The molecule has 1 unspecified atom stereocenters. The molecular formula is C29H44N2O. The summed E-state index contributed by atoms with van der Waals surface area (Å²) in [5.41, 5.74) is 2.33. The van der Waals surface area contributed by atoms with E-state index in [4.69, 9.17) is 0 Å². The third kappa shape index (κ3) is 7.18. The maximum absolute atomic E-state index is 13.2. The van der Waals surface area contributed by atoms with Gasteiger partial charge in [-0.2, -0.15) is 0 Å². The number of carbonyl (C=O) groups is 1. The van der Waals surface area contributed by atoms with Crippen molar-refractivity contribution in [3.05, 3.63) is 60.2 Å². The average molecular weight is 437 g/mol. The van der Waals surface area contributed by atoms with Gasteiger partial charge in [-0.25, -0.2) is 0 Å². The minimum atomic E-state index is 0.126. The highest BCUT2D eigenvalue weighted by Gasteiger charge is 2.42. The van der Waals surface area contributed by atoms with Crippen LogP contribution in [-0.4, -0.2) is 35.7 Å². The largest absolute Gasteiger partial charge is 0.333 e. The average Bonchev–Trinajstić information content (AvgIpc) is 3.18. The van der Waals surface area contributed by atoms with Crippen LogP contribution in [-0.2, 0) is 11.2 Å². The van der Waals surface area contributed by atoms with Crippen molar-refractivity contribution < 1.29 is 4.79 Å². The highest BCUT2D eigenvalue weighted by molar-refractivity contribution is 5.85. The van der Waals surface area contributed by atoms with Crippen LogP contribution in [0, 0.1) is 17.8 Å². The van der Waals surface area contributed by atoms with Crippen LogP contribution in [0.3, 0.4) is 0 Å². The topological polar surface area (TPSA) is 32.7 Å². The van der Waals surface area contributed by atoms with E-state index in [0.717, 1.165) is 50.6 Å². The molecule has 32 heavy (non-hydrogen) atoms. The van der Waals surface area contributed by atoms with Crippen LogP contribution in [0.25, 0.3) is 0 Å². The van der Waals surface area contributed by atoms with Gasteiger partial charge in [-0.1, -0.05) is 83.2 Å². The summed E-state index contributed by atoms with van der Waals surface area (Å²) in [4.78, 5) is 19.9. The Kier molecular flexibility index (Phi) is 10.9. The number of aliphatic imine (C=N–C) groups is 1. The lowest BCUT2D eigenvalue weighted by atomic mass is 9.73. The molecule has 1 amide bonds. The van der Waals surface area contributed by atoms with E-state index in [1.807, 2.05) is 26.1 Å². The number of likely N-dealkylation sites (tertiary alicyclic amines) is 1. The van der Waals surface area contributed by atoms with E-state index in [1.54, 1.807) is 0 Å². The minimum Gasteiger partial charge on any atom is -0.333 e. The molecule has 3 rings (SSSR count). The first kappa shape index (κ1) is 26.1. The molecule has 0 bridgehead atoms. The second kappa shape index (κ2) is 13.4. The smallest absolute Gasteiger partial charge is 0.226 e. The second-order valence-electron chi connectivity index (χ2n) is 9.32. The van der Waals surface area contributed by atoms with E-state index in [-0.39, 0.29) is 12.0 Å². The molecule has 1 saturated carbocycles. The summed E-state index contributed by atoms with van der Waals surface area (Å²) in [5.74, 6) is 1.63. The molecule has 3 atom stereocenters. The fourth-order valence-corrected chi connectivity index (χ4v) is 4.53. The molecule has 2 aliphatic rings. The molecule has 1 aromatic carbocycles. The molecule has 0 radical (unpaired) electrons. The van der Waals surface area contributed by atoms with E-state index in [0.29, 0.717) is 23.8 Å². The highest BCUT2D eigenvalue weighted by Crippen LogP contribution is 2.39. The summed E-state index contributed by atoms with van der Waals surface area (Å²) in [5, 5.41) is 0. The fourth-order valence-electron chi connectivity index (χ4n) is 4.53. The molecule has 3 heteroatoms. The highest BCUT2D eigenvalue weighted by atomic mass is 16.2. The van der Waals surface area contributed by atoms with Gasteiger partial charge < -0.3 is 4.90 Å². The molecule has 2 fully saturated rings. The summed E-state index contributed by atoms with van der Waals surface area (Å²) in [7, 11) is 0. The SMILES string of the molecule is C=C(C=NCC(C)CC)[C@@H]1CC[C@@H](C)N1C(=O)C1CC(/C=C/Cc2ccccc2)C1.CC. The fraction of sp³-hybridized carbons (Fsp3) is 0.586. The minimum absolute atomic E-state index is 0.126. The van der Waals surface area contributed by atoms with Gasteiger partial charge in [0.25, 0.3) is 0 Å². The lowest BCUT2D eigenvalue weighted by Crippen LogP contribution is -2.47. The molecule has 0 aromatic heterocycles. The van der Waals surface area contributed by atoms with Gasteiger partial charge in [-0.3, -0.25) is 9.79 Å². The van der Waals surface area contributed by atoms with Crippen LogP contribution in [0.15, 0.2) is 59.6 Å². The Balaban J connectivity index is 0.00000176. The van der Waals surface area contributed by atoms with E-state index >= 15 is 0 Å². The van der Waals surface area contributed by atoms with Crippen molar-refractivity contribution in [2.45, 2.75) is 85.2 Å². The molecule has 176 valence electrons. The van der Waals surface area contributed by atoms with Crippen LogP contribution in [0.2, 0.25) is 0 Å². The van der Waals surface area contributed by atoms with Crippen molar-refractivity contribution in [3.8, 4) is 0 Å². The standard InChI is InChI=1S/C27H38N2O.C2H6/c1-5-20(2)18-28-19-21(3)26-15-14-22(4)29(26)27(30)25-16-24(17-25)13-9-12-23-10-7-6-8-11-23;1-2/h6-11,13,19-20,22,24-26H,3,5,12,14-18H2,1-2,4H3;1-2H3/b13-9+,28-19?;/t20?,22-,24?,25?,26+;/m1./s1. The maximum Gasteiger partial charge on any atom is 0.226 e. The monoisotopic (exact) mass is 436 g/mol. The van der Waals surface area contributed by atoms with Gasteiger partial charge in [0.05, 0.1) is 6.04 Å². The summed E-state index contributed by atoms with van der Waals surface area (Å²) < 4.78 is 0. The molecule has 1 aliphatic carbocycles. The number of nitrogens with zero attached hydrogens (tertiary/aromatic N) is 2. The summed E-state index contributed by atoms with van der Waals surface area (Å²) in [6.07, 6.45) is 12.6. The Morgan fingerprint density at radius 2 is 1.91 bits per heavy atom.